The van der Waals surface area contributed by atoms with Gasteiger partial charge in [0, 0.05) is 22.3 Å². The van der Waals surface area contributed by atoms with E-state index in [-0.39, 0.29) is 11.7 Å². The Morgan fingerprint density at radius 1 is 1.09 bits per heavy atom. The van der Waals surface area contributed by atoms with Crippen molar-refractivity contribution in [2.75, 3.05) is 12.9 Å². The Labute approximate surface area is 268 Å². The van der Waals surface area contributed by atoms with Gasteiger partial charge in [0.05, 0.1) is 29.0 Å². The number of aromatic nitrogens is 1. The maximum atomic E-state index is 14.2. The molecule has 7 heteroatoms. The summed E-state index contributed by atoms with van der Waals surface area (Å²) in [6.45, 7) is 4.37. The topological polar surface area (TPSA) is 79.7 Å². The lowest BCUT2D eigenvalue weighted by molar-refractivity contribution is -0.0422. The van der Waals surface area contributed by atoms with Crippen LogP contribution in [0.3, 0.4) is 0 Å². The summed E-state index contributed by atoms with van der Waals surface area (Å²) < 4.78 is 7.46. The number of thioether (sulfide) groups is 1. The van der Waals surface area contributed by atoms with Gasteiger partial charge in [-0.25, -0.2) is 4.98 Å². The van der Waals surface area contributed by atoms with Crippen molar-refractivity contribution in [1.29, 1.82) is 0 Å². The number of benzene rings is 3. The van der Waals surface area contributed by atoms with E-state index in [0.717, 1.165) is 51.4 Å². The molecule has 4 aromatic rings. The lowest BCUT2D eigenvalue weighted by Crippen LogP contribution is -2.46. The number of aliphatic hydroxyl groups is 2. The summed E-state index contributed by atoms with van der Waals surface area (Å²) in [5.41, 5.74) is 4.09. The smallest absolute Gasteiger partial charge is 0.193 e. The fourth-order valence-corrected chi connectivity index (χ4v) is 9.54. The number of thiazole rings is 1. The third kappa shape index (κ3) is 6.12. The molecule has 4 atom stereocenters. The number of hydrogen-bond donors (Lipinski definition) is 2. The van der Waals surface area contributed by atoms with Crippen molar-refractivity contribution in [3.8, 4) is 5.75 Å². The quantitative estimate of drug-likeness (QED) is 0.127. The third-order valence-electron chi connectivity index (χ3n) is 9.98. The predicted molar refractivity (Wildman–Crippen MR) is 180 cm³/mol. The molecule has 3 aromatic carbocycles. The van der Waals surface area contributed by atoms with Crippen LogP contribution in [0.2, 0.25) is 0 Å². The number of ketones is 1. The molecule has 0 radical (unpaired) electrons. The molecule has 5 nitrogen and oxygen atoms in total. The first-order valence-corrected chi connectivity index (χ1v) is 17.4. The number of nitrogens with zero attached hydrogens (tertiary/aromatic N) is 1. The minimum absolute atomic E-state index is 0.00344. The first-order valence-electron chi connectivity index (χ1n) is 15.6. The SMILES string of the molecule is COc1ccc(C(=O)c2cc3ccc2C2CCC(O)(CSc4nc5ccccc5s4)C2(C)CCC=C(C)CCC(O)C3)cc1. The van der Waals surface area contributed by atoms with Crippen LogP contribution in [-0.4, -0.2) is 45.5 Å². The van der Waals surface area contributed by atoms with E-state index < -0.39 is 17.1 Å². The molecule has 4 unspecified atom stereocenters. The highest BCUT2D eigenvalue weighted by Crippen LogP contribution is 2.59. The molecule has 3 aliphatic carbocycles. The van der Waals surface area contributed by atoms with Crippen molar-refractivity contribution in [3.63, 3.8) is 0 Å². The van der Waals surface area contributed by atoms with E-state index in [2.05, 4.69) is 38.1 Å². The van der Waals surface area contributed by atoms with E-state index in [1.54, 1.807) is 30.2 Å². The lowest BCUT2D eigenvalue weighted by Gasteiger charge is -2.44. The molecule has 7 rings (SSSR count). The van der Waals surface area contributed by atoms with Gasteiger partial charge in [0.15, 0.2) is 10.1 Å². The fraction of sp³-hybridized carbons (Fsp3) is 0.405. The number of rotatable bonds is 6. The molecular formula is C37H41NO4S2. The average Bonchev–Trinajstić information content (AvgIpc) is 3.56. The van der Waals surface area contributed by atoms with E-state index in [1.165, 1.54) is 5.57 Å². The second kappa shape index (κ2) is 12.8. The highest BCUT2D eigenvalue weighted by Gasteiger charge is 2.56. The molecule has 2 N–H and O–H groups in total. The Morgan fingerprint density at radius 2 is 1.89 bits per heavy atom. The van der Waals surface area contributed by atoms with Crippen LogP contribution in [0.1, 0.15) is 85.3 Å². The molecule has 0 spiro atoms. The first kappa shape index (κ1) is 31.0. The zero-order valence-electron chi connectivity index (χ0n) is 25.7. The highest BCUT2D eigenvalue weighted by molar-refractivity contribution is 8.01. The Kier molecular flexibility index (Phi) is 9.02. The van der Waals surface area contributed by atoms with Crippen molar-refractivity contribution in [2.45, 2.75) is 80.8 Å². The standard InChI is InChI=1S/C37H41NO4S2/c1-24-7-6-19-36(2)31(18-20-37(36,41)23-43-35-38-32-8-4-5-9-33(32)44-35)29-17-11-25(21-27(39)14-10-24)22-30(29)34(40)26-12-15-28(42-3)16-13-26/h4-5,7-9,11-13,15-17,22,27,31,39,41H,6,10,14,18-21,23H2,1-3H3. The van der Waals surface area contributed by atoms with Crippen molar-refractivity contribution in [1.82, 2.24) is 4.98 Å². The van der Waals surface area contributed by atoms with Crippen LogP contribution in [0.4, 0.5) is 0 Å². The molecule has 1 heterocycles. The van der Waals surface area contributed by atoms with Crippen LogP contribution in [0.25, 0.3) is 10.2 Å². The molecule has 0 aliphatic heterocycles. The number of ether oxygens (including phenoxy) is 1. The number of methoxy groups -OCH3 is 1. The molecule has 1 aromatic heterocycles. The number of allylic oxidation sites excluding steroid dienone is 2. The summed E-state index contributed by atoms with van der Waals surface area (Å²) in [6.07, 6.45) is 6.90. The molecule has 2 bridgehead atoms. The molecule has 3 aliphatic rings. The first-order chi connectivity index (χ1) is 21.2. The molecule has 0 saturated heterocycles. The van der Waals surface area contributed by atoms with Gasteiger partial charge < -0.3 is 14.9 Å². The Morgan fingerprint density at radius 3 is 2.66 bits per heavy atom. The number of carbonyl (C=O) groups is 1. The molecular weight excluding hydrogens is 587 g/mol. The van der Waals surface area contributed by atoms with Crippen LogP contribution in [-0.2, 0) is 6.42 Å². The predicted octanol–water partition coefficient (Wildman–Crippen LogP) is 8.37. The zero-order chi connectivity index (χ0) is 30.9. The Hall–Kier alpha value is -2.97. The number of para-hydroxylation sites is 1. The van der Waals surface area contributed by atoms with Crippen molar-refractivity contribution in [2.24, 2.45) is 5.41 Å². The van der Waals surface area contributed by atoms with Gasteiger partial charge in [-0.2, -0.15) is 0 Å². The fourth-order valence-electron chi connectivity index (χ4n) is 7.17. The van der Waals surface area contributed by atoms with Gasteiger partial charge in [-0.3, -0.25) is 4.79 Å². The maximum Gasteiger partial charge on any atom is 0.193 e. The van der Waals surface area contributed by atoms with Gasteiger partial charge in [-0.05, 0) is 111 Å². The van der Waals surface area contributed by atoms with Crippen LogP contribution >= 0.6 is 23.1 Å². The zero-order valence-corrected chi connectivity index (χ0v) is 27.3. The van der Waals surface area contributed by atoms with Crippen LogP contribution in [0, 0.1) is 5.41 Å². The van der Waals surface area contributed by atoms with Crippen LogP contribution < -0.4 is 4.74 Å². The maximum absolute atomic E-state index is 14.2. The molecule has 44 heavy (non-hydrogen) atoms. The number of hydrogen-bond acceptors (Lipinski definition) is 7. The third-order valence-corrected chi connectivity index (χ3v) is 12.4. The monoisotopic (exact) mass is 627 g/mol. The summed E-state index contributed by atoms with van der Waals surface area (Å²) in [4.78, 5) is 19.0. The summed E-state index contributed by atoms with van der Waals surface area (Å²) in [5.74, 6) is 1.21. The summed E-state index contributed by atoms with van der Waals surface area (Å²) >= 11 is 3.32. The van der Waals surface area contributed by atoms with E-state index in [0.29, 0.717) is 41.9 Å². The van der Waals surface area contributed by atoms with E-state index in [1.807, 2.05) is 48.5 Å². The Balaban J connectivity index is 1.39. The lowest BCUT2D eigenvalue weighted by atomic mass is 9.65. The van der Waals surface area contributed by atoms with Gasteiger partial charge in [0.25, 0.3) is 0 Å². The minimum atomic E-state index is -0.936. The van der Waals surface area contributed by atoms with Crippen LogP contribution in [0.5, 0.6) is 5.75 Å². The van der Waals surface area contributed by atoms with Crippen molar-refractivity contribution >= 4 is 39.1 Å². The largest absolute Gasteiger partial charge is 0.497 e. The van der Waals surface area contributed by atoms with Gasteiger partial charge in [-0.15, -0.1) is 11.3 Å². The summed E-state index contributed by atoms with van der Waals surface area (Å²) in [7, 11) is 1.62. The van der Waals surface area contributed by atoms with E-state index >= 15 is 0 Å². The molecule has 0 amide bonds. The molecule has 1 saturated carbocycles. The average molecular weight is 628 g/mol. The van der Waals surface area contributed by atoms with Crippen LogP contribution in [0.15, 0.2) is 82.7 Å². The second-order valence-corrected chi connectivity index (χ2v) is 15.0. The molecule has 230 valence electrons. The van der Waals surface area contributed by atoms with Gasteiger partial charge in [-0.1, -0.05) is 54.6 Å². The van der Waals surface area contributed by atoms with Gasteiger partial charge >= 0.3 is 0 Å². The summed E-state index contributed by atoms with van der Waals surface area (Å²) in [5, 5.41) is 23.4. The number of fused-ring (bicyclic) bond motifs is 9. The summed E-state index contributed by atoms with van der Waals surface area (Å²) in [6, 6.07) is 21.6. The van der Waals surface area contributed by atoms with E-state index in [4.69, 9.17) is 9.72 Å². The van der Waals surface area contributed by atoms with Crippen molar-refractivity contribution in [3.05, 3.63) is 101 Å². The highest BCUT2D eigenvalue weighted by atomic mass is 32.2. The second-order valence-electron chi connectivity index (χ2n) is 12.7. The number of aliphatic hydroxyl groups excluding tert-OH is 1. The van der Waals surface area contributed by atoms with E-state index in [9.17, 15) is 15.0 Å². The van der Waals surface area contributed by atoms with Gasteiger partial charge in [0.2, 0.25) is 0 Å². The normalized spacial score (nSPS) is 25.8. The Bertz CT molecular complexity index is 1650. The van der Waals surface area contributed by atoms with Gasteiger partial charge in [0.1, 0.15) is 5.75 Å². The number of carbonyl (C=O) groups excluding carboxylic acids is 1. The van der Waals surface area contributed by atoms with Crippen molar-refractivity contribution < 1.29 is 19.7 Å². The minimum Gasteiger partial charge on any atom is -0.497 e. The molecule has 1 fully saturated rings.